The van der Waals surface area contributed by atoms with Crippen molar-refractivity contribution in [1.82, 2.24) is 0 Å². The molecule has 3 nitrogen and oxygen atoms in total. The molecular formula is C16H23NO2. The van der Waals surface area contributed by atoms with Crippen LogP contribution in [0.1, 0.15) is 48.5 Å². The first-order valence-corrected chi connectivity index (χ1v) is 7.19. The highest BCUT2D eigenvalue weighted by molar-refractivity contribution is 5.89. The van der Waals surface area contributed by atoms with Crippen LogP contribution < -0.4 is 5.73 Å². The Kier molecular flexibility index (Phi) is 4.97. The van der Waals surface area contributed by atoms with E-state index in [1.807, 2.05) is 24.3 Å². The zero-order valence-electron chi connectivity index (χ0n) is 11.6. The quantitative estimate of drug-likeness (QED) is 0.848. The standard InChI is InChI=1S/C16H23NO2/c1-12-2-8-15(9-3-12)19-16(18)14-6-4-13(5-7-14)10-11-17/h4-7,12,15H,2-3,8-11,17H2,1H3. The maximum absolute atomic E-state index is 12.0. The topological polar surface area (TPSA) is 52.3 Å². The van der Waals surface area contributed by atoms with Crippen LogP contribution in [0.3, 0.4) is 0 Å². The summed E-state index contributed by atoms with van der Waals surface area (Å²) in [5.41, 5.74) is 7.30. The lowest BCUT2D eigenvalue weighted by atomic mass is 9.89. The molecule has 0 radical (unpaired) electrons. The van der Waals surface area contributed by atoms with E-state index in [9.17, 15) is 4.79 Å². The zero-order valence-corrected chi connectivity index (χ0v) is 11.6. The Hall–Kier alpha value is -1.35. The number of nitrogens with two attached hydrogens (primary N) is 1. The zero-order chi connectivity index (χ0) is 13.7. The SMILES string of the molecule is CC1CCC(OC(=O)c2ccc(CCN)cc2)CC1. The average Bonchev–Trinajstić information content (AvgIpc) is 2.42. The lowest BCUT2D eigenvalue weighted by Gasteiger charge is -2.26. The van der Waals surface area contributed by atoms with Crippen LogP contribution in [0.4, 0.5) is 0 Å². The summed E-state index contributed by atoms with van der Waals surface area (Å²) < 4.78 is 5.56. The van der Waals surface area contributed by atoms with Gasteiger partial charge in [-0.2, -0.15) is 0 Å². The minimum atomic E-state index is -0.196. The minimum absolute atomic E-state index is 0.104. The number of rotatable bonds is 4. The van der Waals surface area contributed by atoms with Gasteiger partial charge in [0.15, 0.2) is 0 Å². The molecular weight excluding hydrogens is 238 g/mol. The highest BCUT2D eigenvalue weighted by Gasteiger charge is 2.21. The third-order valence-electron chi connectivity index (χ3n) is 3.86. The Morgan fingerprint density at radius 3 is 2.42 bits per heavy atom. The first kappa shape index (κ1) is 14.1. The Bertz CT molecular complexity index is 405. The average molecular weight is 261 g/mol. The van der Waals surface area contributed by atoms with Crippen molar-refractivity contribution in [1.29, 1.82) is 0 Å². The van der Waals surface area contributed by atoms with Gasteiger partial charge in [-0.25, -0.2) is 4.79 Å². The first-order valence-electron chi connectivity index (χ1n) is 7.19. The van der Waals surface area contributed by atoms with Crippen molar-refractivity contribution in [2.24, 2.45) is 11.7 Å². The van der Waals surface area contributed by atoms with E-state index in [0.717, 1.165) is 43.6 Å². The van der Waals surface area contributed by atoms with Crippen molar-refractivity contribution in [2.75, 3.05) is 6.54 Å². The third kappa shape index (κ3) is 4.06. The molecule has 0 amide bonds. The van der Waals surface area contributed by atoms with Gasteiger partial charge in [-0.1, -0.05) is 19.1 Å². The fourth-order valence-electron chi connectivity index (χ4n) is 2.54. The number of carbonyl (C=O) groups excluding carboxylic acids is 1. The first-order chi connectivity index (χ1) is 9.19. The minimum Gasteiger partial charge on any atom is -0.459 e. The van der Waals surface area contributed by atoms with E-state index in [1.54, 1.807) is 0 Å². The van der Waals surface area contributed by atoms with Crippen molar-refractivity contribution >= 4 is 5.97 Å². The molecule has 19 heavy (non-hydrogen) atoms. The lowest BCUT2D eigenvalue weighted by molar-refractivity contribution is 0.0174. The second-order valence-electron chi connectivity index (χ2n) is 5.52. The van der Waals surface area contributed by atoms with Crippen molar-refractivity contribution < 1.29 is 9.53 Å². The van der Waals surface area contributed by atoms with Crippen molar-refractivity contribution in [3.05, 3.63) is 35.4 Å². The normalized spacial score (nSPS) is 23.1. The smallest absolute Gasteiger partial charge is 0.338 e. The Morgan fingerprint density at radius 2 is 1.84 bits per heavy atom. The number of ether oxygens (including phenoxy) is 1. The molecule has 0 spiro atoms. The maximum Gasteiger partial charge on any atom is 0.338 e. The van der Waals surface area contributed by atoms with Gasteiger partial charge in [0.25, 0.3) is 0 Å². The van der Waals surface area contributed by atoms with Crippen LogP contribution in [0.25, 0.3) is 0 Å². The molecule has 0 aliphatic heterocycles. The van der Waals surface area contributed by atoms with E-state index in [2.05, 4.69) is 6.92 Å². The van der Waals surface area contributed by atoms with Gasteiger partial charge < -0.3 is 10.5 Å². The Balaban J connectivity index is 1.88. The summed E-state index contributed by atoms with van der Waals surface area (Å²) in [4.78, 5) is 12.0. The molecule has 0 saturated heterocycles. The van der Waals surface area contributed by atoms with Crippen LogP contribution in [0.5, 0.6) is 0 Å². The molecule has 104 valence electrons. The molecule has 0 heterocycles. The molecule has 3 heteroatoms. The van der Waals surface area contributed by atoms with Crippen LogP contribution in [0.15, 0.2) is 24.3 Å². The largest absolute Gasteiger partial charge is 0.459 e. The van der Waals surface area contributed by atoms with Crippen molar-refractivity contribution in [3.8, 4) is 0 Å². The molecule has 1 aliphatic carbocycles. The van der Waals surface area contributed by atoms with Gasteiger partial charge in [0.1, 0.15) is 6.10 Å². The van der Waals surface area contributed by atoms with E-state index in [4.69, 9.17) is 10.5 Å². The predicted octanol–water partition coefficient (Wildman–Crippen LogP) is 2.92. The van der Waals surface area contributed by atoms with E-state index < -0.39 is 0 Å². The highest BCUT2D eigenvalue weighted by atomic mass is 16.5. The van der Waals surface area contributed by atoms with Gasteiger partial charge in [0.2, 0.25) is 0 Å². The lowest BCUT2D eigenvalue weighted by Crippen LogP contribution is -2.23. The van der Waals surface area contributed by atoms with E-state index >= 15 is 0 Å². The summed E-state index contributed by atoms with van der Waals surface area (Å²) in [6.45, 7) is 2.89. The number of hydrogen-bond donors (Lipinski definition) is 1. The van der Waals surface area contributed by atoms with Crippen molar-refractivity contribution in [2.45, 2.75) is 45.1 Å². The van der Waals surface area contributed by atoms with Gasteiger partial charge >= 0.3 is 5.97 Å². The van der Waals surface area contributed by atoms with E-state index in [1.165, 1.54) is 0 Å². The summed E-state index contributed by atoms with van der Waals surface area (Å²) in [6.07, 6.45) is 5.26. The number of carbonyl (C=O) groups is 1. The second kappa shape index (κ2) is 6.71. The second-order valence-corrected chi connectivity index (χ2v) is 5.52. The van der Waals surface area contributed by atoms with E-state index in [-0.39, 0.29) is 12.1 Å². The summed E-state index contributed by atoms with van der Waals surface area (Å²) in [5, 5.41) is 0. The monoisotopic (exact) mass is 261 g/mol. The van der Waals surface area contributed by atoms with Gasteiger partial charge in [-0.15, -0.1) is 0 Å². The van der Waals surface area contributed by atoms with Crippen LogP contribution in [0.2, 0.25) is 0 Å². The number of esters is 1. The molecule has 1 aliphatic rings. The molecule has 0 unspecified atom stereocenters. The molecule has 0 atom stereocenters. The number of benzene rings is 1. The van der Waals surface area contributed by atoms with Gasteiger partial charge in [-0.3, -0.25) is 0 Å². The van der Waals surface area contributed by atoms with Gasteiger partial charge in [0.05, 0.1) is 5.56 Å². The fourth-order valence-corrected chi connectivity index (χ4v) is 2.54. The molecule has 1 fully saturated rings. The van der Waals surface area contributed by atoms with Gasteiger partial charge in [0, 0.05) is 0 Å². The molecule has 0 aromatic heterocycles. The molecule has 1 aromatic rings. The third-order valence-corrected chi connectivity index (χ3v) is 3.86. The summed E-state index contributed by atoms with van der Waals surface area (Å²) >= 11 is 0. The Morgan fingerprint density at radius 1 is 1.21 bits per heavy atom. The number of hydrogen-bond acceptors (Lipinski definition) is 3. The molecule has 0 bridgehead atoms. The molecule has 2 rings (SSSR count). The Labute approximate surface area is 115 Å². The summed E-state index contributed by atoms with van der Waals surface area (Å²) in [5.74, 6) is 0.573. The molecule has 1 aromatic carbocycles. The van der Waals surface area contributed by atoms with Crippen LogP contribution in [-0.4, -0.2) is 18.6 Å². The maximum atomic E-state index is 12.0. The van der Waals surface area contributed by atoms with Crippen molar-refractivity contribution in [3.63, 3.8) is 0 Å². The molecule has 1 saturated carbocycles. The van der Waals surface area contributed by atoms with Crippen LogP contribution in [0, 0.1) is 5.92 Å². The predicted molar refractivity (Wildman–Crippen MR) is 76.0 cm³/mol. The van der Waals surface area contributed by atoms with Gasteiger partial charge in [-0.05, 0) is 62.3 Å². The van der Waals surface area contributed by atoms with E-state index in [0.29, 0.717) is 12.1 Å². The van der Waals surface area contributed by atoms with Crippen LogP contribution in [-0.2, 0) is 11.2 Å². The fraction of sp³-hybridized carbons (Fsp3) is 0.562. The van der Waals surface area contributed by atoms with Crippen LogP contribution >= 0.6 is 0 Å². The summed E-state index contributed by atoms with van der Waals surface area (Å²) in [6, 6.07) is 7.57. The molecule has 2 N–H and O–H groups in total. The summed E-state index contributed by atoms with van der Waals surface area (Å²) in [7, 11) is 0. The highest BCUT2D eigenvalue weighted by Crippen LogP contribution is 2.26.